The van der Waals surface area contributed by atoms with Gasteiger partial charge in [0.2, 0.25) is 0 Å². The molecule has 0 saturated carbocycles. The first-order chi connectivity index (χ1) is 33.2. The summed E-state index contributed by atoms with van der Waals surface area (Å²) in [6.07, 6.45) is 0. The van der Waals surface area contributed by atoms with Crippen molar-refractivity contribution >= 4 is 96.8 Å². The van der Waals surface area contributed by atoms with Gasteiger partial charge in [-0.25, -0.2) is 15.0 Å². The number of hydrogen-bond acceptors (Lipinski definition) is 5. The zero-order valence-corrected chi connectivity index (χ0v) is 37.6. The molecule has 67 heavy (non-hydrogen) atoms. The molecular formula is C61H40N4OS. The summed E-state index contributed by atoms with van der Waals surface area (Å²) < 4.78 is 11.4. The van der Waals surface area contributed by atoms with Crippen LogP contribution in [0.4, 0.5) is 0 Å². The minimum atomic E-state index is 0.578. The molecule has 14 aromatic rings. The van der Waals surface area contributed by atoms with Gasteiger partial charge in [0.25, 0.3) is 0 Å². The van der Waals surface area contributed by atoms with E-state index in [-0.39, 0.29) is 0 Å². The lowest BCUT2D eigenvalue weighted by atomic mass is 9.95. The van der Waals surface area contributed by atoms with Gasteiger partial charge in [-0.3, -0.25) is 0 Å². The number of nitrogens with zero attached hydrogens (tertiary/aromatic N) is 4. The van der Waals surface area contributed by atoms with Crippen LogP contribution >= 0.6 is 11.3 Å². The Morgan fingerprint density at radius 3 is 1.72 bits per heavy atom. The first-order valence-corrected chi connectivity index (χ1v) is 23.7. The highest BCUT2D eigenvalue weighted by Gasteiger charge is 2.24. The third kappa shape index (κ3) is 6.11. The first kappa shape index (κ1) is 39.0. The van der Waals surface area contributed by atoms with Gasteiger partial charge in [-0.15, -0.1) is 11.3 Å². The maximum atomic E-state index is 6.34. The van der Waals surface area contributed by atoms with Gasteiger partial charge in [0.1, 0.15) is 11.2 Å². The molecular weight excluding hydrogens is 837 g/mol. The highest BCUT2D eigenvalue weighted by Crippen LogP contribution is 2.48. The number of furan rings is 1. The fourth-order valence-corrected chi connectivity index (χ4v) is 11.3. The normalized spacial score (nSPS) is 11.7. The van der Waals surface area contributed by atoms with Crippen LogP contribution in [0.2, 0.25) is 0 Å². The van der Waals surface area contributed by atoms with Gasteiger partial charge < -0.3 is 8.98 Å². The molecule has 0 atom stereocenters. The van der Waals surface area contributed by atoms with Crippen LogP contribution in [0.3, 0.4) is 0 Å². The predicted octanol–water partition coefficient (Wildman–Crippen LogP) is 17.2. The lowest BCUT2D eigenvalue weighted by molar-refractivity contribution is 0.669. The molecule has 0 unspecified atom stereocenters. The molecule has 5 nitrogen and oxygen atoms in total. The van der Waals surface area contributed by atoms with Crippen LogP contribution in [0.5, 0.6) is 0 Å². The van der Waals surface area contributed by atoms with Crippen molar-refractivity contribution in [2.75, 3.05) is 0 Å². The summed E-state index contributed by atoms with van der Waals surface area (Å²) in [5, 5.41) is 12.0. The van der Waals surface area contributed by atoms with Crippen molar-refractivity contribution in [3.8, 4) is 51.0 Å². The maximum Gasteiger partial charge on any atom is 0.164 e. The van der Waals surface area contributed by atoms with Gasteiger partial charge in [0.15, 0.2) is 17.5 Å². The zero-order valence-electron chi connectivity index (χ0n) is 36.7. The van der Waals surface area contributed by atoms with Crippen LogP contribution in [0.25, 0.3) is 136 Å². The number of hydrogen-bond donors (Lipinski definition) is 0. The standard InChI is InChI=1S/C59H34N4OS.C2H6/c1-2-15-35(16-3-1)57-60-58(62-59(61-57)37-31-32-42-41-21-8-10-28-49(41)64-50(42)34-37)36-17-12-18-38(33-36)63-55-46(44-25-14-30-52-53(44)47-24-9-11-29-51(47)65-52)26-13-27-48(55)54-43-22-6-4-19-39(43)40-20-5-7-23-45(40)56(54)63;1-2/h1-34H;1-2H3. The average Bonchev–Trinajstić information content (AvgIpc) is 4.09. The number of aromatic nitrogens is 4. The molecule has 0 spiro atoms. The van der Waals surface area contributed by atoms with Gasteiger partial charge in [0, 0.05) is 75.0 Å². The van der Waals surface area contributed by atoms with E-state index in [2.05, 4.69) is 156 Å². The van der Waals surface area contributed by atoms with E-state index >= 15 is 0 Å². The smallest absolute Gasteiger partial charge is 0.164 e. The molecule has 0 saturated heterocycles. The third-order valence-electron chi connectivity index (χ3n) is 13.0. The second-order valence-electron chi connectivity index (χ2n) is 16.7. The number of para-hydroxylation sites is 2. The molecule has 0 fully saturated rings. The van der Waals surface area contributed by atoms with E-state index in [1.165, 1.54) is 69.1 Å². The van der Waals surface area contributed by atoms with E-state index < -0.39 is 0 Å². The molecule has 0 aliphatic heterocycles. The molecule has 10 aromatic carbocycles. The van der Waals surface area contributed by atoms with E-state index in [1.807, 2.05) is 79.8 Å². The lowest BCUT2D eigenvalue weighted by Crippen LogP contribution is -2.01. The Kier molecular flexibility index (Phi) is 9.08. The van der Waals surface area contributed by atoms with Crippen LogP contribution in [0.15, 0.2) is 211 Å². The SMILES string of the molecule is CC.c1ccc(-c2nc(-c3cccc(-n4c5c(-c6cccc7sc8ccccc8c67)cccc5c5c6ccccc6c6ccccc6c54)c3)nc(-c3ccc4c(c3)oc3ccccc34)n2)cc1. The largest absolute Gasteiger partial charge is 0.456 e. The fourth-order valence-electron chi connectivity index (χ4n) is 10.2. The topological polar surface area (TPSA) is 56.7 Å². The Morgan fingerprint density at radius 2 is 0.910 bits per heavy atom. The summed E-state index contributed by atoms with van der Waals surface area (Å²) in [6.45, 7) is 4.00. The molecule has 4 aromatic heterocycles. The molecule has 0 aliphatic rings. The minimum Gasteiger partial charge on any atom is -0.456 e. The Bertz CT molecular complexity index is 4260. The van der Waals surface area contributed by atoms with Crippen molar-refractivity contribution in [1.29, 1.82) is 0 Å². The van der Waals surface area contributed by atoms with E-state index in [0.717, 1.165) is 49.8 Å². The molecule has 316 valence electrons. The van der Waals surface area contributed by atoms with Crippen molar-refractivity contribution in [1.82, 2.24) is 19.5 Å². The Labute approximate surface area is 389 Å². The van der Waals surface area contributed by atoms with Gasteiger partial charge in [-0.1, -0.05) is 178 Å². The third-order valence-corrected chi connectivity index (χ3v) is 14.2. The Morgan fingerprint density at radius 1 is 0.358 bits per heavy atom. The quantitative estimate of drug-likeness (QED) is 0.162. The van der Waals surface area contributed by atoms with Crippen LogP contribution in [-0.2, 0) is 0 Å². The van der Waals surface area contributed by atoms with Gasteiger partial charge in [-0.2, -0.15) is 0 Å². The summed E-state index contributed by atoms with van der Waals surface area (Å²) in [4.78, 5) is 15.5. The maximum absolute atomic E-state index is 6.34. The second-order valence-corrected chi connectivity index (χ2v) is 17.7. The van der Waals surface area contributed by atoms with Crippen molar-refractivity contribution in [3.05, 3.63) is 206 Å². The minimum absolute atomic E-state index is 0.578. The van der Waals surface area contributed by atoms with Crippen molar-refractivity contribution in [3.63, 3.8) is 0 Å². The van der Waals surface area contributed by atoms with E-state index in [0.29, 0.717) is 17.5 Å². The van der Waals surface area contributed by atoms with Gasteiger partial charge in [-0.05, 0) is 64.2 Å². The van der Waals surface area contributed by atoms with E-state index in [4.69, 9.17) is 19.4 Å². The molecule has 14 rings (SSSR count). The van der Waals surface area contributed by atoms with Crippen LogP contribution < -0.4 is 0 Å². The molecule has 4 heterocycles. The zero-order chi connectivity index (χ0) is 44.6. The van der Waals surface area contributed by atoms with Gasteiger partial charge in [0.05, 0.1) is 11.0 Å². The Hall–Kier alpha value is -8.45. The summed E-state index contributed by atoms with van der Waals surface area (Å²) in [7, 11) is 0. The average molecular weight is 877 g/mol. The monoisotopic (exact) mass is 876 g/mol. The van der Waals surface area contributed by atoms with Crippen molar-refractivity contribution in [2.45, 2.75) is 13.8 Å². The molecule has 0 N–H and O–H groups in total. The molecule has 0 bridgehead atoms. The highest BCUT2D eigenvalue weighted by atomic mass is 32.1. The molecule has 0 amide bonds. The molecule has 0 aliphatic carbocycles. The predicted molar refractivity (Wildman–Crippen MR) is 282 cm³/mol. The van der Waals surface area contributed by atoms with Crippen LogP contribution in [-0.4, -0.2) is 19.5 Å². The van der Waals surface area contributed by atoms with Crippen LogP contribution in [0.1, 0.15) is 13.8 Å². The van der Waals surface area contributed by atoms with E-state index in [9.17, 15) is 0 Å². The first-order valence-electron chi connectivity index (χ1n) is 22.8. The summed E-state index contributed by atoms with van der Waals surface area (Å²) >= 11 is 1.85. The number of fused-ring (bicyclic) bond motifs is 14. The molecule has 6 heteroatoms. The Balaban J connectivity index is 0.00000220. The summed E-state index contributed by atoms with van der Waals surface area (Å²) in [6, 6.07) is 73.3. The number of benzene rings is 10. The van der Waals surface area contributed by atoms with Gasteiger partial charge >= 0.3 is 0 Å². The van der Waals surface area contributed by atoms with Crippen molar-refractivity contribution in [2.24, 2.45) is 0 Å². The number of thiophene rings is 1. The summed E-state index contributed by atoms with van der Waals surface area (Å²) in [5.74, 6) is 1.77. The second kappa shape index (κ2) is 15.6. The highest BCUT2D eigenvalue weighted by molar-refractivity contribution is 7.25. The van der Waals surface area contributed by atoms with Crippen molar-refractivity contribution < 1.29 is 4.42 Å². The fraction of sp³-hybridized carbons (Fsp3) is 0.0328. The van der Waals surface area contributed by atoms with E-state index in [1.54, 1.807) is 0 Å². The molecule has 0 radical (unpaired) electrons. The lowest BCUT2D eigenvalue weighted by Gasteiger charge is -2.15. The van der Waals surface area contributed by atoms with Crippen LogP contribution in [0, 0.1) is 0 Å². The number of rotatable bonds is 5. The summed E-state index contributed by atoms with van der Waals surface area (Å²) in [5.41, 5.74) is 10.0.